The number of halogens is 4. The van der Waals surface area contributed by atoms with Crippen LogP contribution in [0.1, 0.15) is 5.56 Å². The summed E-state index contributed by atoms with van der Waals surface area (Å²) in [7, 11) is 1.44. The third kappa shape index (κ3) is 2.63. The summed E-state index contributed by atoms with van der Waals surface area (Å²) in [6.45, 7) is 0. The lowest BCUT2D eigenvalue weighted by molar-refractivity contribution is -0.137. The largest absolute Gasteiger partial charge is 0.417 e. The average Bonchev–Trinajstić information content (AvgIpc) is 2.32. The van der Waals surface area contributed by atoms with Gasteiger partial charge in [-0.05, 0) is 18.2 Å². The molecule has 1 aromatic carbocycles. The Morgan fingerprint density at radius 3 is 2.58 bits per heavy atom. The van der Waals surface area contributed by atoms with Gasteiger partial charge in [-0.2, -0.15) is 13.2 Å². The molecule has 0 aliphatic heterocycles. The molecule has 1 heterocycles. The first-order valence-corrected chi connectivity index (χ1v) is 5.57. The highest BCUT2D eigenvalue weighted by Gasteiger charge is 2.33. The van der Waals surface area contributed by atoms with Crippen LogP contribution in [0.15, 0.2) is 35.3 Å². The summed E-state index contributed by atoms with van der Waals surface area (Å²) >= 11 is 5.53. The number of alkyl halides is 3. The SMILES string of the molecule is Cn1c(-c2ccc(Cl)c(C(F)(F)F)c2)nccc1=O. The Balaban J connectivity index is 2.65. The molecule has 0 atom stereocenters. The third-order valence-corrected chi connectivity index (χ3v) is 2.92. The quantitative estimate of drug-likeness (QED) is 0.808. The average molecular weight is 289 g/mol. The summed E-state index contributed by atoms with van der Waals surface area (Å²) in [6.07, 6.45) is -3.31. The van der Waals surface area contributed by atoms with Gasteiger partial charge in [0, 0.05) is 24.9 Å². The van der Waals surface area contributed by atoms with Crippen LogP contribution in [-0.4, -0.2) is 9.55 Å². The van der Waals surface area contributed by atoms with Crippen molar-refractivity contribution in [3.8, 4) is 11.4 Å². The van der Waals surface area contributed by atoms with Gasteiger partial charge >= 0.3 is 6.18 Å². The van der Waals surface area contributed by atoms with Gasteiger partial charge in [0.1, 0.15) is 5.82 Å². The maximum absolute atomic E-state index is 12.8. The van der Waals surface area contributed by atoms with E-state index in [4.69, 9.17) is 11.6 Å². The van der Waals surface area contributed by atoms with Gasteiger partial charge in [-0.3, -0.25) is 9.36 Å². The van der Waals surface area contributed by atoms with Gasteiger partial charge in [-0.1, -0.05) is 11.6 Å². The van der Waals surface area contributed by atoms with E-state index >= 15 is 0 Å². The summed E-state index contributed by atoms with van der Waals surface area (Å²) in [5, 5.41) is -0.391. The topological polar surface area (TPSA) is 34.9 Å². The molecule has 0 saturated heterocycles. The third-order valence-electron chi connectivity index (χ3n) is 2.59. The number of nitrogens with zero attached hydrogens (tertiary/aromatic N) is 2. The summed E-state index contributed by atoms with van der Waals surface area (Å²) < 4.78 is 39.4. The van der Waals surface area contributed by atoms with Crippen molar-refractivity contribution in [2.45, 2.75) is 6.18 Å². The first-order valence-electron chi connectivity index (χ1n) is 5.20. The van der Waals surface area contributed by atoms with Gasteiger partial charge in [-0.15, -0.1) is 0 Å². The standard InChI is InChI=1S/C12H8ClF3N2O/c1-18-10(19)4-5-17-11(18)7-2-3-9(13)8(6-7)12(14,15)16/h2-6H,1H3. The molecule has 7 heteroatoms. The Morgan fingerprint density at radius 1 is 1.26 bits per heavy atom. The molecule has 0 amide bonds. The fourth-order valence-corrected chi connectivity index (χ4v) is 1.85. The minimum Gasteiger partial charge on any atom is -0.296 e. The molecule has 0 aliphatic carbocycles. The molecule has 0 aliphatic rings. The molecule has 1 aromatic heterocycles. The summed E-state index contributed by atoms with van der Waals surface area (Å²) in [6, 6.07) is 4.63. The van der Waals surface area contributed by atoms with Gasteiger partial charge in [0.25, 0.3) is 5.56 Å². The Hall–Kier alpha value is -1.82. The minimum absolute atomic E-state index is 0.148. The minimum atomic E-state index is -4.55. The second-order valence-electron chi connectivity index (χ2n) is 3.86. The van der Waals surface area contributed by atoms with E-state index in [-0.39, 0.29) is 16.9 Å². The van der Waals surface area contributed by atoms with Crippen molar-refractivity contribution in [1.29, 1.82) is 0 Å². The van der Waals surface area contributed by atoms with Crippen LogP contribution in [0.25, 0.3) is 11.4 Å². The molecule has 0 radical (unpaired) electrons. The van der Waals surface area contributed by atoms with Crippen molar-refractivity contribution in [3.05, 3.63) is 51.4 Å². The fourth-order valence-electron chi connectivity index (χ4n) is 1.62. The molecule has 2 rings (SSSR count). The van der Waals surface area contributed by atoms with Gasteiger partial charge in [0.2, 0.25) is 0 Å². The predicted octanol–water partition coefficient (Wildman–Crippen LogP) is 3.12. The van der Waals surface area contributed by atoms with Crippen molar-refractivity contribution in [2.24, 2.45) is 7.05 Å². The highest BCUT2D eigenvalue weighted by molar-refractivity contribution is 6.31. The van der Waals surface area contributed by atoms with E-state index in [0.717, 1.165) is 12.1 Å². The van der Waals surface area contributed by atoms with E-state index in [1.54, 1.807) is 0 Å². The van der Waals surface area contributed by atoms with Crippen LogP contribution in [0.3, 0.4) is 0 Å². The molecule has 19 heavy (non-hydrogen) atoms. The highest BCUT2D eigenvalue weighted by atomic mass is 35.5. The fraction of sp³-hybridized carbons (Fsp3) is 0.167. The number of hydrogen-bond donors (Lipinski definition) is 0. The van der Waals surface area contributed by atoms with E-state index in [2.05, 4.69) is 4.98 Å². The molecule has 2 aromatic rings. The lowest BCUT2D eigenvalue weighted by Crippen LogP contribution is -2.18. The molecule has 0 bridgehead atoms. The van der Waals surface area contributed by atoms with Crippen molar-refractivity contribution >= 4 is 11.6 Å². The zero-order chi connectivity index (χ0) is 14.2. The molecule has 0 fully saturated rings. The van der Waals surface area contributed by atoms with Crippen molar-refractivity contribution in [2.75, 3.05) is 0 Å². The second-order valence-corrected chi connectivity index (χ2v) is 4.27. The summed E-state index contributed by atoms with van der Waals surface area (Å²) in [5.74, 6) is 0.148. The van der Waals surface area contributed by atoms with E-state index in [1.165, 1.54) is 29.9 Å². The van der Waals surface area contributed by atoms with Crippen molar-refractivity contribution in [3.63, 3.8) is 0 Å². The van der Waals surface area contributed by atoms with Crippen molar-refractivity contribution < 1.29 is 13.2 Å². The number of benzene rings is 1. The van der Waals surface area contributed by atoms with Crippen LogP contribution in [-0.2, 0) is 13.2 Å². The first-order chi connectivity index (χ1) is 8.80. The summed E-state index contributed by atoms with van der Waals surface area (Å²) in [5.41, 5.74) is -1.13. The molecule has 100 valence electrons. The van der Waals surface area contributed by atoms with Crippen LogP contribution >= 0.6 is 11.6 Å². The first kappa shape index (κ1) is 13.6. The van der Waals surface area contributed by atoms with Crippen LogP contribution in [0, 0.1) is 0 Å². The predicted molar refractivity (Wildman–Crippen MR) is 64.9 cm³/mol. The Kier molecular flexibility index (Phi) is 3.36. The normalized spacial score (nSPS) is 11.6. The highest BCUT2D eigenvalue weighted by Crippen LogP contribution is 2.36. The van der Waals surface area contributed by atoms with Crippen LogP contribution < -0.4 is 5.56 Å². The monoisotopic (exact) mass is 288 g/mol. The lowest BCUT2D eigenvalue weighted by Gasteiger charge is -2.12. The lowest BCUT2D eigenvalue weighted by atomic mass is 10.1. The number of hydrogen-bond acceptors (Lipinski definition) is 2. The summed E-state index contributed by atoms with van der Waals surface area (Å²) in [4.78, 5) is 15.4. The molecule has 3 nitrogen and oxygen atoms in total. The number of rotatable bonds is 1. The molecule has 0 saturated carbocycles. The van der Waals surface area contributed by atoms with E-state index < -0.39 is 16.8 Å². The van der Waals surface area contributed by atoms with E-state index in [9.17, 15) is 18.0 Å². The van der Waals surface area contributed by atoms with Crippen LogP contribution in [0.2, 0.25) is 5.02 Å². The van der Waals surface area contributed by atoms with Crippen molar-refractivity contribution in [1.82, 2.24) is 9.55 Å². The second kappa shape index (κ2) is 4.70. The van der Waals surface area contributed by atoms with E-state index in [1.807, 2.05) is 0 Å². The molecular weight excluding hydrogens is 281 g/mol. The Morgan fingerprint density at radius 2 is 1.95 bits per heavy atom. The molecule has 0 unspecified atom stereocenters. The number of aromatic nitrogens is 2. The molecule has 0 spiro atoms. The zero-order valence-electron chi connectivity index (χ0n) is 9.70. The van der Waals surface area contributed by atoms with Crippen LogP contribution in [0.5, 0.6) is 0 Å². The van der Waals surface area contributed by atoms with Gasteiger partial charge < -0.3 is 0 Å². The maximum atomic E-state index is 12.8. The van der Waals surface area contributed by atoms with E-state index in [0.29, 0.717) is 0 Å². The van der Waals surface area contributed by atoms with Gasteiger partial charge in [0.05, 0.1) is 10.6 Å². The molecule has 0 N–H and O–H groups in total. The van der Waals surface area contributed by atoms with Gasteiger partial charge in [0.15, 0.2) is 0 Å². The Labute approximate surface area is 111 Å². The molecular formula is C12H8ClF3N2O. The van der Waals surface area contributed by atoms with Gasteiger partial charge in [-0.25, -0.2) is 4.98 Å². The van der Waals surface area contributed by atoms with Crippen LogP contribution in [0.4, 0.5) is 13.2 Å². The Bertz CT molecular complexity index is 679. The zero-order valence-corrected chi connectivity index (χ0v) is 10.5. The maximum Gasteiger partial charge on any atom is 0.417 e. The smallest absolute Gasteiger partial charge is 0.296 e.